The molecule has 1 aliphatic carbocycles. The van der Waals surface area contributed by atoms with E-state index in [2.05, 4.69) is 15.4 Å². The van der Waals surface area contributed by atoms with E-state index in [1.165, 1.54) is 6.42 Å². The molecule has 2 aliphatic rings. The monoisotopic (exact) mass is 382 g/mol. The number of rotatable bonds is 5. The molecule has 0 unspecified atom stereocenters. The first-order chi connectivity index (χ1) is 13.5. The number of nitrogens with one attached hydrogen (secondary N) is 2. The lowest BCUT2D eigenvalue weighted by atomic mass is 9.95. The first kappa shape index (κ1) is 18.2. The number of carbonyl (C=O) groups is 2. The third-order valence-corrected chi connectivity index (χ3v) is 5.27. The molecule has 28 heavy (non-hydrogen) atoms. The van der Waals surface area contributed by atoms with Gasteiger partial charge in [-0.3, -0.25) is 10.2 Å². The number of hydrogen-bond donors (Lipinski definition) is 3. The van der Waals surface area contributed by atoms with Crippen molar-refractivity contribution in [3.8, 4) is 0 Å². The zero-order chi connectivity index (χ0) is 19.7. The average Bonchev–Trinajstić information content (AvgIpc) is 3.24. The highest BCUT2D eigenvalue weighted by Gasteiger charge is 2.37. The second kappa shape index (κ2) is 7.47. The van der Waals surface area contributed by atoms with Crippen molar-refractivity contribution in [3.05, 3.63) is 47.3 Å². The topological polar surface area (TPSA) is 108 Å². The number of hydrogen-bond acceptors (Lipinski definition) is 6. The summed E-state index contributed by atoms with van der Waals surface area (Å²) in [5, 5.41) is 12.2. The van der Waals surface area contributed by atoms with E-state index in [1.807, 2.05) is 18.1 Å². The fourth-order valence-electron chi connectivity index (χ4n) is 3.76. The van der Waals surface area contributed by atoms with Crippen LogP contribution in [0.25, 0.3) is 17.1 Å². The Morgan fingerprint density at radius 2 is 2.18 bits per heavy atom. The maximum Gasteiger partial charge on any atom is 0.345 e. The molecule has 1 aliphatic heterocycles. The van der Waals surface area contributed by atoms with Crippen LogP contribution in [0, 0.1) is 0 Å². The summed E-state index contributed by atoms with van der Waals surface area (Å²) < 4.78 is 5.65. The normalized spacial score (nSPS) is 19.6. The van der Waals surface area contributed by atoms with Crippen molar-refractivity contribution in [3.63, 3.8) is 0 Å². The Labute approximate surface area is 161 Å². The zero-order valence-corrected chi connectivity index (χ0v) is 15.6. The first-order valence-electron chi connectivity index (χ1n) is 9.38. The Balaban J connectivity index is 1.59. The van der Waals surface area contributed by atoms with Gasteiger partial charge < -0.3 is 14.8 Å². The minimum absolute atomic E-state index is 0.0262. The Hall–Kier alpha value is -3.13. The largest absolute Gasteiger partial charge is 0.477 e. The number of aliphatic carboxylic acids is 1. The number of ketones is 1. The molecule has 0 atom stereocenters. The number of aromatic amines is 1. The molecule has 1 saturated carbocycles. The average molecular weight is 382 g/mol. The first-order valence-corrected chi connectivity index (χ1v) is 9.38. The van der Waals surface area contributed by atoms with Crippen LogP contribution < -0.4 is 5.43 Å². The number of fused-ring (bicyclic) bond motifs is 1. The van der Waals surface area contributed by atoms with Gasteiger partial charge in [-0.1, -0.05) is 19.3 Å². The van der Waals surface area contributed by atoms with Gasteiger partial charge in [0, 0.05) is 36.4 Å². The number of carboxylic acid groups (broad SMARTS) is 1. The van der Waals surface area contributed by atoms with Crippen LogP contribution in [0.3, 0.4) is 0 Å². The molecule has 0 aromatic carbocycles. The molecule has 0 saturated heterocycles. The van der Waals surface area contributed by atoms with E-state index in [1.54, 1.807) is 24.5 Å². The number of ether oxygens (including phenoxy) is 1. The highest BCUT2D eigenvalue weighted by molar-refractivity contribution is 6.26. The van der Waals surface area contributed by atoms with E-state index in [9.17, 15) is 14.7 Å². The molecule has 0 bridgehead atoms. The summed E-state index contributed by atoms with van der Waals surface area (Å²) >= 11 is 0. The Kier molecular flexibility index (Phi) is 4.87. The number of Topliss-reactive ketones (excluding diaryl/α,β-unsaturated/α-hetero) is 1. The molecule has 146 valence electrons. The third-order valence-electron chi connectivity index (χ3n) is 5.27. The summed E-state index contributed by atoms with van der Waals surface area (Å²) in [5.41, 5.74) is 3.99. The maximum absolute atomic E-state index is 12.7. The fourth-order valence-corrected chi connectivity index (χ4v) is 3.76. The highest BCUT2D eigenvalue weighted by atomic mass is 16.5. The van der Waals surface area contributed by atoms with Crippen LogP contribution in [0.2, 0.25) is 0 Å². The summed E-state index contributed by atoms with van der Waals surface area (Å²) in [4.78, 5) is 31.6. The Morgan fingerprint density at radius 1 is 1.39 bits per heavy atom. The second-order valence-electron chi connectivity index (χ2n) is 7.11. The molecule has 0 spiro atoms. The van der Waals surface area contributed by atoms with Gasteiger partial charge in [0.1, 0.15) is 5.65 Å². The van der Waals surface area contributed by atoms with Gasteiger partial charge in [0.15, 0.2) is 11.3 Å². The fraction of sp³-hybridized carbons (Fsp3) is 0.350. The van der Waals surface area contributed by atoms with E-state index in [-0.39, 0.29) is 23.3 Å². The number of nitrogens with zero attached hydrogens (tertiary/aromatic N) is 2. The van der Waals surface area contributed by atoms with Gasteiger partial charge in [0.25, 0.3) is 0 Å². The second-order valence-corrected chi connectivity index (χ2v) is 7.11. The van der Waals surface area contributed by atoms with Gasteiger partial charge >= 0.3 is 5.97 Å². The van der Waals surface area contributed by atoms with Gasteiger partial charge in [0.05, 0.1) is 0 Å². The number of hydrazine groups is 1. The number of allylic oxidation sites excluding steroid dienone is 1. The van der Waals surface area contributed by atoms with E-state index in [0.29, 0.717) is 11.2 Å². The van der Waals surface area contributed by atoms with Crippen molar-refractivity contribution in [2.75, 3.05) is 7.05 Å². The lowest BCUT2D eigenvalue weighted by molar-refractivity contribution is -0.134. The van der Waals surface area contributed by atoms with Crippen LogP contribution in [0.5, 0.6) is 0 Å². The Morgan fingerprint density at radius 3 is 2.93 bits per heavy atom. The van der Waals surface area contributed by atoms with E-state index in [4.69, 9.17) is 4.74 Å². The van der Waals surface area contributed by atoms with Crippen LogP contribution in [0.1, 0.15) is 37.7 Å². The maximum atomic E-state index is 12.7. The van der Waals surface area contributed by atoms with Gasteiger partial charge in [-0.2, -0.15) is 0 Å². The Bertz CT molecular complexity index is 985. The summed E-state index contributed by atoms with van der Waals surface area (Å²) in [6.45, 7) is 0. The zero-order valence-electron chi connectivity index (χ0n) is 15.6. The van der Waals surface area contributed by atoms with Gasteiger partial charge in [0.2, 0.25) is 11.7 Å². The summed E-state index contributed by atoms with van der Waals surface area (Å²) in [5.74, 6) is -2.02. The van der Waals surface area contributed by atoms with Crippen molar-refractivity contribution >= 4 is 28.9 Å². The minimum atomic E-state index is -1.31. The predicted molar refractivity (Wildman–Crippen MR) is 103 cm³/mol. The number of pyridine rings is 1. The van der Waals surface area contributed by atoms with Gasteiger partial charge in [-0.25, -0.2) is 14.8 Å². The van der Waals surface area contributed by atoms with E-state index < -0.39 is 11.8 Å². The molecule has 4 rings (SSSR count). The van der Waals surface area contributed by atoms with Crippen LogP contribution in [-0.2, 0) is 14.3 Å². The SMILES string of the molecule is CN(NC1=C(C(=O)O)C(=O)C(=Cc2c[nH]c3ncccc23)O1)C1CCCCC1. The molecule has 0 radical (unpaired) electrons. The number of aromatic nitrogens is 2. The summed E-state index contributed by atoms with van der Waals surface area (Å²) in [6.07, 6.45) is 10.5. The molecular weight excluding hydrogens is 360 g/mol. The molecule has 2 aromatic heterocycles. The van der Waals surface area contributed by atoms with Crippen LogP contribution >= 0.6 is 0 Å². The number of carbonyl (C=O) groups excluding carboxylic acids is 1. The van der Waals surface area contributed by atoms with Crippen LogP contribution in [0.15, 0.2) is 41.7 Å². The predicted octanol–water partition coefficient (Wildman–Crippen LogP) is 2.57. The van der Waals surface area contributed by atoms with Gasteiger partial charge in [-0.15, -0.1) is 0 Å². The van der Waals surface area contributed by atoms with E-state index in [0.717, 1.165) is 31.1 Å². The molecule has 3 N–H and O–H groups in total. The summed E-state index contributed by atoms with van der Waals surface area (Å²) in [7, 11) is 1.85. The summed E-state index contributed by atoms with van der Waals surface area (Å²) in [6, 6.07) is 3.94. The van der Waals surface area contributed by atoms with Crippen molar-refractivity contribution in [2.24, 2.45) is 0 Å². The van der Waals surface area contributed by atoms with Crippen molar-refractivity contribution in [1.82, 2.24) is 20.4 Å². The van der Waals surface area contributed by atoms with Gasteiger partial charge in [-0.05, 0) is 31.1 Å². The quantitative estimate of drug-likeness (QED) is 0.414. The third kappa shape index (κ3) is 3.38. The molecule has 1 fully saturated rings. The standard InChI is InChI=1S/C20H22N4O4/c1-24(13-6-3-2-4-7-13)23-19-16(20(26)27)17(25)15(28-19)10-12-11-22-18-14(12)8-5-9-21-18/h5,8-11,13,23H,2-4,6-7H2,1H3,(H,21,22)(H,26,27). The van der Waals surface area contributed by atoms with Crippen molar-refractivity contribution in [2.45, 2.75) is 38.1 Å². The molecule has 0 amide bonds. The van der Waals surface area contributed by atoms with E-state index >= 15 is 0 Å². The lowest BCUT2D eigenvalue weighted by Crippen LogP contribution is -2.43. The molecule has 2 aromatic rings. The van der Waals surface area contributed by atoms with Crippen LogP contribution in [0.4, 0.5) is 0 Å². The number of H-pyrrole nitrogens is 1. The minimum Gasteiger partial charge on any atom is -0.477 e. The molecule has 3 heterocycles. The highest BCUT2D eigenvalue weighted by Crippen LogP contribution is 2.28. The lowest BCUT2D eigenvalue weighted by Gasteiger charge is -2.31. The smallest absolute Gasteiger partial charge is 0.345 e. The van der Waals surface area contributed by atoms with Crippen molar-refractivity contribution < 1.29 is 19.4 Å². The van der Waals surface area contributed by atoms with Crippen LogP contribution in [-0.4, -0.2) is 44.9 Å². The molecular formula is C20H22N4O4. The molecule has 8 heteroatoms. The van der Waals surface area contributed by atoms with Crippen molar-refractivity contribution in [1.29, 1.82) is 0 Å². The molecule has 8 nitrogen and oxygen atoms in total. The number of carboxylic acids is 1.